The van der Waals surface area contributed by atoms with Gasteiger partial charge in [0.2, 0.25) is 5.82 Å². The largest absolute Gasteiger partial charge is 0.507 e. The molecular formula is C13H15N3O3. The van der Waals surface area contributed by atoms with Gasteiger partial charge in [0.15, 0.2) is 0 Å². The number of aromatic hydroxyl groups is 1. The van der Waals surface area contributed by atoms with Crippen LogP contribution in [0, 0.1) is 0 Å². The van der Waals surface area contributed by atoms with E-state index < -0.39 is 5.60 Å². The third-order valence-corrected chi connectivity index (χ3v) is 3.64. The Labute approximate surface area is 110 Å². The summed E-state index contributed by atoms with van der Waals surface area (Å²) >= 11 is 0. The molecule has 0 amide bonds. The number of rotatable bonds is 3. The quantitative estimate of drug-likeness (QED) is 0.821. The van der Waals surface area contributed by atoms with Gasteiger partial charge in [-0.3, -0.25) is 0 Å². The number of benzene rings is 1. The summed E-state index contributed by atoms with van der Waals surface area (Å²) in [5.41, 5.74) is 6.11. The van der Waals surface area contributed by atoms with Crippen molar-refractivity contribution in [2.45, 2.75) is 24.9 Å². The van der Waals surface area contributed by atoms with Gasteiger partial charge < -0.3 is 20.1 Å². The highest BCUT2D eigenvalue weighted by molar-refractivity contribution is 5.66. The lowest BCUT2D eigenvalue weighted by Crippen LogP contribution is -2.37. The van der Waals surface area contributed by atoms with Crippen LogP contribution in [-0.4, -0.2) is 22.4 Å². The van der Waals surface area contributed by atoms with E-state index in [1.165, 1.54) is 6.07 Å². The zero-order valence-corrected chi connectivity index (χ0v) is 10.6. The number of phenols is 1. The van der Waals surface area contributed by atoms with Gasteiger partial charge in [-0.1, -0.05) is 5.16 Å². The second-order valence-electron chi connectivity index (χ2n) is 4.75. The number of nitrogen functional groups attached to an aromatic ring is 1. The molecule has 0 aliphatic heterocycles. The minimum absolute atomic E-state index is 0.0234. The normalized spacial score (nSPS) is 17.1. The maximum absolute atomic E-state index is 9.85. The van der Waals surface area contributed by atoms with Crippen LogP contribution in [-0.2, 0) is 10.3 Å². The molecule has 2 aromatic rings. The van der Waals surface area contributed by atoms with Crippen LogP contribution in [0.5, 0.6) is 5.75 Å². The number of methoxy groups -OCH3 is 1. The van der Waals surface area contributed by atoms with Crippen LogP contribution < -0.4 is 5.73 Å². The van der Waals surface area contributed by atoms with E-state index >= 15 is 0 Å². The van der Waals surface area contributed by atoms with Crippen LogP contribution in [0.25, 0.3) is 11.5 Å². The fraction of sp³-hybridized carbons (Fsp3) is 0.385. The van der Waals surface area contributed by atoms with E-state index in [0.717, 1.165) is 19.3 Å². The Bertz CT molecular complexity index is 599. The first-order valence-corrected chi connectivity index (χ1v) is 6.13. The van der Waals surface area contributed by atoms with Crippen LogP contribution in [0.2, 0.25) is 0 Å². The Morgan fingerprint density at radius 3 is 2.79 bits per heavy atom. The fourth-order valence-corrected chi connectivity index (χ4v) is 2.26. The van der Waals surface area contributed by atoms with Crippen molar-refractivity contribution in [1.82, 2.24) is 10.1 Å². The molecule has 6 heteroatoms. The maximum Gasteiger partial charge on any atom is 0.261 e. The Morgan fingerprint density at radius 1 is 1.42 bits per heavy atom. The summed E-state index contributed by atoms with van der Waals surface area (Å²) in [6.07, 6.45) is 2.86. The van der Waals surface area contributed by atoms with E-state index in [0.29, 0.717) is 17.1 Å². The van der Waals surface area contributed by atoms with Crippen LogP contribution in [0.3, 0.4) is 0 Å². The number of nitrogens with zero attached hydrogens (tertiary/aromatic N) is 2. The molecule has 6 nitrogen and oxygen atoms in total. The molecular weight excluding hydrogens is 246 g/mol. The molecule has 0 radical (unpaired) electrons. The number of phenolic OH excluding ortho intramolecular Hbond substituents is 1. The third kappa shape index (κ3) is 1.84. The van der Waals surface area contributed by atoms with Crippen LogP contribution in [0.1, 0.15) is 25.1 Å². The van der Waals surface area contributed by atoms with Crippen LogP contribution in [0.4, 0.5) is 5.69 Å². The van der Waals surface area contributed by atoms with E-state index in [1.54, 1.807) is 19.2 Å². The van der Waals surface area contributed by atoms with Gasteiger partial charge in [0.25, 0.3) is 5.89 Å². The second kappa shape index (κ2) is 4.24. The number of ether oxygens (including phenoxy) is 1. The number of hydrogen-bond acceptors (Lipinski definition) is 6. The van der Waals surface area contributed by atoms with Crippen molar-refractivity contribution in [3.63, 3.8) is 0 Å². The van der Waals surface area contributed by atoms with Gasteiger partial charge in [0, 0.05) is 18.9 Å². The van der Waals surface area contributed by atoms with Gasteiger partial charge in [-0.2, -0.15) is 4.98 Å². The highest BCUT2D eigenvalue weighted by atomic mass is 16.5. The van der Waals surface area contributed by atoms with Crippen LogP contribution >= 0.6 is 0 Å². The number of hydrogen-bond donors (Lipinski definition) is 2. The lowest BCUT2D eigenvalue weighted by atomic mass is 9.79. The first-order valence-electron chi connectivity index (χ1n) is 6.13. The number of anilines is 1. The molecule has 1 aromatic heterocycles. The van der Waals surface area contributed by atoms with Crippen molar-refractivity contribution < 1.29 is 14.4 Å². The summed E-state index contributed by atoms with van der Waals surface area (Å²) in [4.78, 5) is 4.33. The minimum atomic E-state index is -0.425. The molecule has 1 aromatic carbocycles. The molecule has 1 aliphatic rings. The van der Waals surface area contributed by atoms with Crippen molar-refractivity contribution in [3.05, 3.63) is 24.0 Å². The standard InChI is InChI=1S/C13H15N3O3/c1-18-13(5-2-6-13)12-15-11(19-16-12)9-4-3-8(14)7-10(9)17/h3-4,7,17H,2,5-6,14H2,1H3. The zero-order valence-electron chi connectivity index (χ0n) is 10.6. The summed E-state index contributed by atoms with van der Waals surface area (Å²) in [7, 11) is 1.65. The highest BCUT2D eigenvalue weighted by Gasteiger charge is 2.43. The van der Waals surface area contributed by atoms with Crippen molar-refractivity contribution in [1.29, 1.82) is 0 Å². The lowest BCUT2D eigenvalue weighted by Gasteiger charge is -2.37. The second-order valence-corrected chi connectivity index (χ2v) is 4.75. The van der Waals surface area contributed by atoms with Gasteiger partial charge in [-0.25, -0.2) is 0 Å². The first-order chi connectivity index (χ1) is 9.14. The Kier molecular flexibility index (Phi) is 2.67. The van der Waals surface area contributed by atoms with Gasteiger partial charge >= 0.3 is 0 Å². The van der Waals surface area contributed by atoms with Crippen molar-refractivity contribution in [2.24, 2.45) is 0 Å². The minimum Gasteiger partial charge on any atom is -0.507 e. The van der Waals surface area contributed by atoms with Gasteiger partial charge in [-0.05, 0) is 31.4 Å². The summed E-state index contributed by atoms with van der Waals surface area (Å²) in [5, 5.41) is 13.8. The molecule has 19 heavy (non-hydrogen) atoms. The third-order valence-electron chi connectivity index (χ3n) is 3.64. The molecule has 100 valence electrons. The molecule has 1 aliphatic carbocycles. The molecule has 3 N–H and O–H groups in total. The molecule has 0 bridgehead atoms. The van der Waals surface area contributed by atoms with Gasteiger partial charge in [0.1, 0.15) is 11.4 Å². The molecule has 1 saturated carbocycles. The zero-order chi connectivity index (χ0) is 13.5. The lowest BCUT2D eigenvalue weighted by molar-refractivity contribution is -0.0858. The molecule has 0 spiro atoms. The van der Waals surface area contributed by atoms with E-state index in [-0.39, 0.29) is 11.6 Å². The summed E-state index contributed by atoms with van der Waals surface area (Å²) < 4.78 is 10.7. The van der Waals surface area contributed by atoms with Gasteiger partial charge in [-0.15, -0.1) is 0 Å². The Hall–Kier alpha value is -2.08. The van der Waals surface area contributed by atoms with E-state index in [9.17, 15) is 5.11 Å². The van der Waals surface area contributed by atoms with Crippen molar-refractivity contribution in [3.8, 4) is 17.2 Å². The van der Waals surface area contributed by atoms with E-state index in [1.807, 2.05) is 0 Å². The topological polar surface area (TPSA) is 94.4 Å². The van der Waals surface area contributed by atoms with Gasteiger partial charge in [0.05, 0.1) is 5.56 Å². The fourth-order valence-electron chi connectivity index (χ4n) is 2.26. The molecule has 1 fully saturated rings. The maximum atomic E-state index is 9.85. The molecule has 0 unspecified atom stereocenters. The monoisotopic (exact) mass is 261 g/mol. The summed E-state index contributed by atoms with van der Waals surface area (Å²) in [5.74, 6) is 0.832. The average Bonchev–Trinajstić information content (AvgIpc) is 2.78. The number of aromatic nitrogens is 2. The molecule has 0 atom stereocenters. The molecule has 3 rings (SSSR count). The van der Waals surface area contributed by atoms with Crippen LogP contribution in [0.15, 0.2) is 22.7 Å². The Balaban J connectivity index is 1.97. The number of nitrogens with two attached hydrogens (primary N) is 1. The predicted octanol–water partition coefficient (Wildman–Crippen LogP) is 2.05. The highest BCUT2D eigenvalue weighted by Crippen LogP contribution is 2.43. The predicted molar refractivity (Wildman–Crippen MR) is 68.3 cm³/mol. The summed E-state index contributed by atoms with van der Waals surface area (Å²) in [6.45, 7) is 0. The molecule has 0 saturated heterocycles. The van der Waals surface area contributed by atoms with Crippen molar-refractivity contribution in [2.75, 3.05) is 12.8 Å². The smallest absolute Gasteiger partial charge is 0.261 e. The Morgan fingerprint density at radius 2 is 2.21 bits per heavy atom. The summed E-state index contributed by atoms with van der Waals surface area (Å²) in [6, 6.07) is 4.78. The SMILES string of the molecule is COC1(c2noc(-c3ccc(N)cc3O)n2)CCC1. The first kappa shape index (κ1) is 12.0. The average molecular weight is 261 g/mol. The van der Waals surface area contributed by atoms with E-state index in [2.05, 4.69) is 10.1 Å². The van der Waals surface area contributed by atoms with E-state index in [4.69, 9.17) is 15.0 Å². The molecule has 1 heterocycles. The van der Waals surface area contributed by atoms with Crippen molar-refractivity contribution >= 4 is 5.69 Å².